The molecule has 2 aromatic rings. The lowest BCUT2D eigenvalue weighted by Crippen LogP contribution is -2.04. The largest absolute Gasteiger partial charge is 0.396 e. The first-order valence-electron chi connectivity index (χ1n) is 5.24. The molecule has 1 aromatic carbocycles. The summed E-state index contributed by atoms with van der Waals surface area (Å²) in [6, 6.07) is 10.2. The van der Waals surface area contributed by atoms with E-state index in [9.17, 15) is 0 Å². The molecule has 0 aliphatic carbocycles. The molecule has 1 N–H and O–H groups in total. The van der Waals surface area contributed by atoms with Gasteiger partial charge < -0.3 is 5.11 Å². The Bertz CT molecular complexity index is 453. The molecule has 0 spiro atoms. The first kappa shape index (κ1) is 10.1. The first-order chi connectivity index (χ1) is 7.29. The Labute approximate surface area is 89.6 Å². The van der Waals surface area contributed by atoms with Crippen LogP contribution in [0.25, 0.3) is 10.9 Å². The van der Waals surface area contributed by atoms with Gasteiger partial charge in [-0.1, -0.05) is 25.1 Å². The number of hydrogen-bond donors (Lipinski definition) is 1. The van der Waals surface area contributed by atoms with Crippen molar-refractivity contribution in [3.05, 3.63) is 42.1 Å². The second-order valence-corrected chi connectivity index (χ2v) is 4.03. The van der Waals surface area contributed by atoms with Crippen molar-refractivity contribution < 1.29 is 5.11 Å². The first-order valence-corrected chi connectivity index (χ1v) is 5.24. The van der Waals surface area contributed by atoms with Gasteiger partial charge in [0.15, 0.2) is 0 Å². The minimum Gasteiger partial charge on any atom is -0.396 e. The van der Waals surface area contributed by atoms with Gasteiger partial charge in [0.05, 0.1) is 5.52 Å². The number of benzene rings is 1. The summed E-state index contributed by atoms with van der Waals surface area (Å²) in [7, 11) is 0. The quantitative estimate of drug-likeness (QED) is 0.827. The van der Waals surface area contributed by atoms with E-state index in [2.05, 4.69) is 17.1 Å². The van der Waals surface area contributed by atoms with Crippen molar-refractivity contribution in [3.8, 4) is 0 Å². The monoisotopic (exact) mass is 201 g/mol. The predicted molar refractivity (Wildman–Crippen MR) is 61.7 cm³/mol. The van der Waals surface area contributed by atoms with Crippen LogP contribution in [0.4, 0.5) is 0 Å². The van der Waals surface area contributed by atoms with Gasteiger partial charge in [0, 0.05) is 18.2 Å². The molecule has 0 saturated carbocycles. The van der Waals surface area contributed by atoms with Crippen LogP contribution in [0.3, 0.4) is 0 Å². The van der Waals surface area contributed by atoms with Crippen LogP contribution in [-0.2, 0) is 6.42 Å². The Morgan fingerprint density at radius 2 is 2.13 bits per heavy atom. The van der Waals surface area contributed by atoms with Gasteiger partial charge in [-0.15, -0.1) is 0 Å². The molecule has 0 aliphatic rings. The van der Waals surface area contributed by atoms with E-state index in [4.69, 9.17) is 5.11 Å². The van der Waals surface area contributed by atoms with Crippen LogP contribution in [-0.4, -0.2) is 16.7 Å². The van der Waals surface area contributed by atoms with E-state index in [0.717, 1.165) is 11.9 Å². The van der Waals surface area contributed by atoms with E-state index in [-0.39, 0.29) is 6.61 Å². The molecule has 0 saturated heterocycles. The fourth-order valence-electron chi connectivity index (χ4n) is 1.70. The van der Waals surface area contributed by atoms with Crippen molar-refractivity contribution >= 4 is 10.9 Å². The molecule has 78 valence electrons. The molecule has 0 amide bonds. The maximum atomic E-state index is 8.99. The smallest absolute Gasteiger partial charge is 0.0702 e. The molecule has 0 bridgehead atoms. The highest BCUT2D eigenvalue weighted by atomic mass is 16.3. The van der Waals surface area contributed by atoms with Crippen molar-refractivity contribution in [1.29, 1.82) is 0 Å². The van der Waals surface area contributed by atoms with E-state index in [0.29, 0.717) is 5.92 Å². The standard InChI is InChI=1S/C13H15NO/c1-10(9-15)6-11-7-12-4-2-3-5-13(12)14-8-11/h2-5,7-8,10,15H,6,9H2,1H3/t10-/m0/s1. The Morgan fingerprint density at radius 3 is 2.93 bits per heavy atom. The molecule has 0 unspecified atom stereocenters. The second-order valence-electron chi connectivity index (χ2n) is 4.03. The summed E-state index contributed by atoms with van der Waals surface area (Å²) in [4.78, 5) is 4.39. The molecular formula is C13H15NO. The molecule has 15 heavy (non-hydrogen) atoms. The molecule has 0 fully saturated rings. The predicted octanol–water partition coefficient (Wildman–Crippen LogP) is 2.41. The summed E-state index contributed by atoms with van der Waals surface area (Å²) in [5.41, 5.74) is 2.22. The SMILES string of the molecule is C[C@H](CO)Cc1cnc2ccccc2c1. The lowest BCUT2D eigenvalue weighted by atomic mass is 10.0. The van der Waals surface area contributed by atoms with Crippen molar-refractivity contribution in [2.45, 2.75) is 13.3 Å². The zero-order valence-corrected chi connectivity index (χ0v) is 8.85. The van der Waals surface area contributed by atoms with Crippen molar-refractivity contribution in [2.75, 3.05) is 6.61 Å². The van der Waals surface area contributed by atoms with Gasteiger partial charge in [0.2, 0.25) is 0 Å². The Kier molecular flexibility index (Phi) is 2.97. The fraction of sp³-hybridized carbons (Fsp3) is 0.308. The maximum Gasteiger partial charge on any atom is 0.0702 e. The van der Waals surface area contributed by atoms with E-state index in [1.54, 1.807) is 0 Å². The van der Waals surface area contributed by atoms with Crippen molar-refractivity contribution in [1.82, 2.24) is 4.98 Å². The Morgan fingerprint density at radius 1 is 1.33 bits per heavy atom. The molecule has 1 heterocycles. The van der Waals surface area contributed by atoms with Gasteiger partial charge in [-0.2, -0.15) is 0 Å². The van der Waals surface area contributed by atoms with Gasteiger partial charge in [0.25, 0.3) is 0 Å². The van der Waals surface area contributed by atoms with Crippen molar-refractivity contribution in [2.24, 2.45) is 5.92 Å². The number of hydrogen-bond acceptors (Lipinski definition) is 2. The lowest BCUT2D eigenvalue weighted by molar-refractivity contribution is 0.237. The summed E-state index contributed by atoms with van der Waals surface area (Å²) in [6.45, 7) is 2.27. The van der Waals surface area contributed by atoms with Gasteiger partial charge >= 0.3 is 0 Å². The van der Waals surface area contributed by atoms with Crippen LogP contribution in [0.15, 0.2) is 36.5 Å². The molecule has 0 radical (unpaired) electrons. The Balaban J connectivity index is 2.30. The summed E-state index contributed by atoms with van der Waals surface area (Å²) in [5, 5.41) is 10.2. The van der Waals surface area contributed by atoms with Crippen LogP contribution in [0.2, 0.25) is 0 Å². The van der Waals surface area contributed by atoms with Gasteiger partial charge in [-0.25, -0.2) is 0 Å². The average Bonchev–Trinajstić information content (AvgIpc) is 2.29. The maximum absolute atomic E-state index is 8.99. The molecule has 1 atom stereocenters. The van der Waals surface area contributed by atoms with Crippen LogP contribution in [0, 0.1) is 5.92 Å². The van der Waals surface area contributed by atoms with E-state index >= 15 is 0 Å². The fourth-order valence-corrected chi connectivity index (χ4v) is 1.70. The number of pyridine rings is 1. The van der Waals surface area contributed by atoms with Crippen molar-refractivity contribution in [3.63, 3.8) is 0 Å². The number of aliphatic hydroxyl groups is 1. The van der Waals surface area contributed by atoms with E-state index in [1.165, 1.54) is 10.9 Å². The number of aliphatic hydroxyl groups excluding tert-OH is 1. The van der Waals surface area contributed by atoms with Gasteiger partial charge in [0.1, 0.15) is 0 Å². The van der Waals surface area contributed by atoms with Crippen LogP contribution in [0.1, 0.15) is 12.5 Å². The molecule has 0 aliphatic heterocycles. The summed E-state index contributed by atoms with van der Waals surface area (Å²) in [6.07, 6.45) is 2.78. The summed E-state index contributed by atoms with van der Waals surface area (Å²) < 4.78 is 0. The average molecular weight is 201 g/mol. The molecule has 1 aromatic heterocycles. The third-order valence-electron chi connectivity index (χ3n) is 2.54. The lowest BCUT2D eigenvalue weighted by Gasteiger charge is -2.07. The molecule has 2 nitrogen and oxygen atoms in total. The minimum absolute atomic E-state index is 0.229. The van der Waals surface area contributed by atoms with Gasteiger partial charge in [-0.05, 0) is 30.0 Å². The zero-order chi connectivity index (χ0) is 10.7. The number of rotatable bonds is 3. The zero-order valence-electron chi connectivity index (χ0n) is 8.85. The third-order valence-corrected chi connectivity index (χ3v) is 2.54. The van der Waals surface area contributed by atoms with Crippen LogP contribution >= 0.6 is 0 Å². The highest BCUT2D eigenvalue weighted by Gasteiger charge is 2.03. The number of nitrogens with zero attached hydrogens (tertiary/aromatic N) is 1. The summed E-state index contributed by atoms with van der Waals surface area (Å²) >= 11 is 0. The number of fused-ring (bicyclic) bond motifs is 1. The van der Waals surface area contributed by atoms with E-state index < -0.39 is 0 Å². The second kappa shape index (κ2) is 4.41. The highest BCUT2D eigenvalue weighted by molar-refractivity contribution is 5.78. The van der Waals surface area contributed by atoms with Crippen LogP contribution < -0.4 is 0 Å². The minimum atomic E-state index is 0.229. The highest BCUT2D eigenvalue weighted by Crippen LogP contribution is 2.15. The van der Waals surface area contributed by atoms with Crippen LogP contribution in [0.5, 0.6) is 0 Å². The number of aromatic nitrogens is 1. The molecule has 2 heteroatoms. The van der Waals surface area contributed by atoms with E-state index in [1.807, 2.05) is 31.3 Å². The number of para-hydroxylation sites is 1. The molecule has 2 rings (SSSR count). The molecular weight excluding hydrogens is 186 g/mol. The topological polar surface area (TPSA) is 33.1 Å². The normalized spacial score (nSPS) is 12.9. The third kappa shape index (κ3) is 2.34. The van der Waals surface area contributed by atoms with Gasteiger partial charge in [-0.3, -0.25) is 4.98 Å². The Hall–Kier alpha value is -1.41. The summed E-state index contributed by atoms with van der Waals surface area (Å²) in [5.74, 6) is 0.299.